The smallest absolute Gasteiger partial charge is 0.330 e. The van der Waals surface area contributed by atoms with Gasteiger partial charge in [-0.25, -0.2) is 4.79 Å². The van der Waals surface area contributed by atoms with E-state index in [4.69, 9.17) is 28.1 Å². The van der Waals surface area contributed by atoms with Crippen molar-refractivity contribution in [2.24, 2.45) is 0 Å². The number of fused-ring (bicyclic) bond motifs is 1. The summed E-state index contributed by atoms with van der Waals surface area (Å²) >= 11 is 0. The minimum absolute atomic E-state index is 0.0702. The zero-order chi connectivity index (χ0) is 39.0. The van der Waals surface area contributed by atoms with Crippen LogP contribution in [0, 0.1) is 0 Å². The van der Waals surface area contributed by atoms with Crippen LogP contribution in [0.4, 0.5) is 0 Å². The molecule has 2 fully saturated rings. The largest absolute Gasteiger partial charge is 0.507 e. The Hall–Kier alpha value is -5.44. The number of esters is 1. The van der Waals surface area contributed by atoms with Crippen molar-refractivity contribution in [3.05, 3.63) is 76.0 Å². The van der Waals surface area contributed by atoms with E-state index in [-0.39, 0.29) is 22.8 Å². The van der Waals surface area contributed by atoms with Gasteiger partial charge in [0.15, 0.2) is 40.3 Å². The van der Waals surface area contributed by atoms with Crippen molar-refractivity contribution in [1.29, 1.82) is 0 Å². The molecule has 0 radical (unpaired) electrons. The fraction of sp³-hybridized carbons (Fsp3) is 0.333. The Balaban J connectivity index is 1.38. The first-order valence-electron chi connectivity index (χ1n) is 16.3. The van der Waals surface area contributed by atoms with Crippen LogP contribution in [0.3, 0.4) is 0 Å². The Morgan fingerprint density at radius 3 is 2.30 bits per heavy atom. The van der Waals surface area contributed by atoms with Crippen LogP contribution in [0.2, 0.25) is 0 Å². The molecule has 2 aliphatic rings. The summed E-state index contributed by atoms with van der Waals surface area (Å²) in [6.45, 7) is -1.23. The molecule has 6 rings (SSSR count). The van der Waals surface area contributed by atoms with Gasteiger partial charge in [-0.3, -0.25) is 4.79 Å². The monoisotopic (exact) mass is 756 g/mol. The summed E-state index contributed by atoms with van der Waals surface area (Å²) in [6, 6.07) is 9.51. The molecule has 2 saturated heterocycles. The van der Waals surface area contributed by atoms with Crippen LogP contribution in [-0.2, 0) is 23.7 Å². The molecule has 0 bridgehead atoms. The van der Waals surface area contributed by atoms with Gasteiger partial charge in [-0.15, -0.1) is 0 Å². The summed E-state index contributed by atoms with van der Waals surface area (Å²) in [4.78, 5) is 26.1. The number of aliphatic hydroxyl groups is 5. The standard InChI is InChI=1S/C36H36O18/c1-49-24-8-14(2-5-17(24)38)3-7-26(44)50-13-25-30(46)31(47)35(54-36-32(48)29(45)22(43)12-51-36)34(53-25)28-20(41)10-19(40)27-21(42)11-23(52-33(27)28)15-4-6-16(37)18(39)9-15/h2-11,22,25,29-32,34-41,43,45-48H,12-13H2,1H3/b7-3+/t22-,25+,29-,30-,31-,32-,34+,35+,36-/m1/s1. The van der Waals surface area contributed by atoms with E-state index in [2.05, 4.69) is 0 Å². The SMILES string of the molecule is COc1cc(/C=C/C(=O)OC[C@@H]2O[C@@H](c3c(O)cc(O)c4c(=O)cc(-c5ccc(O)c(O)c5)oc34)[C@@H](O[C@H]3OC[C@@H](O)[C@@H](O)[C@H]3O)[C@H](O)[C@@H]2O)ccc1O. The number of methoxy groups -OCH3 is 1. The third-order valence-electron chi connectivity index (χ3n) is 8.98. The van der Waals surface area contributed by atoms with E-state index in [1.807, 2.05) is 0 Å². The normalized spacial score (nSPS) is 27.3. The number of hydrogen-bond donors (Lipinski definition) is 10. The van der Waals surface area contributed by atoms with Gasteiger partial charge in [-0.05, 0) is 42.0 Å². The van der Waals surface area contributed by atoms with E-state index < -0.39 is 119 Å². The number of aromatic hydroxyl groups is 5. The number of hydrogen-bond acceptors (Lipinski definition) is 18. The zero-order valence-corrected chi connectivity index (χ0v) is 28.1. The molecule has 54 heavy (non-hydrogen) atoms. The molecule has 0 spiro atoms. The summed E-state index contributed by atoms with van der Waals surface area (Å²) in [5.41, 5.74) is -1.29. The van der Waals surface area contributed by atoms with Crippen LogP contribution in [0.25, 0.3) is 28.4 Å². The van der Waals surface area contributed by atoms with Gasteiger partial charge in [0, 0.05) is 23.8 Å². The van der Waals surface area contributed by atoms with Crippen molar-refractivity contribution in [3.8, 4) is 45.8 Å². The molecule has 18 nitrogen and oxygen atoms in total. The zero-order valence-electron chi connectivity index (χ0n) is 28.1. The van der Waals surface area contributed by atoms with Crippen molar-refractivity contribution < 1.29 is 84.0 Å². The van der Waals surface area contributed by atoms with Gasteiger partial charge >= 0.3 is 5.97 Å². The third-order valence-corrected chi connectivity index (χ3v) is 8.98. The van der Waals surface area contributed by atoms with Crippen molar-refractivity contribution in [2.75, 3.05) is 20.3 Å². The molecule has 18 heteroatoms. The lowest BCUT2D eigenvalue weighted by atomic mass is 9.89. The van der Waals surface area contributed by atoms with E-state index >= 15 is 0 Å². The Labute approximate surface area is 304 Å². The summed E-state index contributed by atoms with van der Waals surface area (Å²) in [5.74, 6) is -3.70. The molecule has 4 aromatic rings. The van der Waals surface area contributed by atoms with Gasteiger partial charge in [-0.2, -0.15) is 0 Å². The maximum atomic E-state index is 13.4. The lowest BCUT2D eigenvalue weighted by Gasteiger charge is -2.45. The van der Waals surface area contributed by atoms with E-state index in [1.165, 1.54) is 37.5 Å². The molecule has 0 saturated carbocycles. The average Bonchev–Trinajstić information content (AvgIpc) is 3.14. The average molecular weight is 757 g/mol. The van der Waals surface area contributed by atoms with E-state index in [0.717, 1.165) is 30.3 Å². The molecule has 0 amide bonds. The van der Waals surface area contributed by atoms with Crippen LogP contribution < -0.4 is 10.2 Å². The minimum Gasteiger partial charge on any atom is -0.507 e. The van der Waals surface area contributed by atoms with Gasteiger partial charge in [0.05, 0.1) is 19.3 Å². The van der Waals surface area contributed by atoms with Gasteiger partial charge in [0.25, 0.3) is 0 Å². The fourth-order valence-corrected chi connectivity index (χ4v) is 6.11. The minimum atomic E-state index is -2.00. The number of benzene rings is 3. The maximum absolute atomic E-state index is 13.4. The molecule has 0 unspecified atom stereocenters. The maximum Gasteiger partial charge on any atom is 0.330 e. The predicted molar refractivity (Wildman–Crippen MR) is 181 cm³/mol. The number of phenols is 5. The molecular weight excluding hydrogens is 720 g/mol. The fourth-order valence-electron chi connectivity index (χ4n) is 6.11. The van der Waals surface area contributed by atoms with Crippen LogP contribution >= 0.6 is 0 Å². The number of ether oxygens (including phenoxy) is 5. The van der Waals surface area contributed by atoms with Gasteiger partial charge in [0.2, 0.25) is 0 Å². The molecule has 10 N–H and O–H groups in total. The van der Waals surface area contributed by atoms with Crippen molar-refractivity contribution >= 4 is 23.0 Å². The highest BCUT2D eigenvalue weighted by molar-refractivity contribution is 5.90. The molecular formula is C36H36O18. The number of aliphatic hydroxyl groups excluding tert-OH is 5. The summed E-state index contributed by atoms with van der Waals surface area (Å²) in [7, 11) is 1.34. The quantitative estimate of drug-likeness (QED) is 0.0621. The highest BCUT2D eigenvalue weighted by Gasteiger charge is 2.51. The second-order valence-electron chi connectivity index (χ2n) is 12.5. The van der Waals surface area contributed by atoms with Gasteiger partial charge < -0.3 is 79.2 Å². The molecule has 0 aliphatic carbocycles. The van der Waals surface area contributed by atoms with Gasteiger partial charge in [-0.1, -0.05) is 6.07 Å². The molecule has 3 heterocycles. The predicted octanol–water partition coefficient (Wildman–Crippen LogP) is 0.239. The Kier molecular flexibility index (Phi) is 11.0. The number of rotatable bonds is 9. The highest BCUT2D eigenvalue weighted by atomic mass is 16.7. The van der Waals surface area contributed by atoms with Crippen molar-refractivity contribution in [3.63, 3.8) is 0 Å². The second-order valence-corrected chi connectivity index (χ2v) is 12.5. The Bertz CT molecular complexity index is 2110. The van der Waals surface area contributed by atoms with Crippen molar-refractivity contribution in [1.82, 2.24) is 0 Å². The lowest BCUT2D eigenvalue weighted by molar-refractivity contribution is -0.325. The summed E-state index contributed by atoms with van der Waals surface area (Å²) < 4.78 is 33.6. The van der Waals surface area contributed by atoms with E-state index in [1.54, 1.807) is 0 Å². The van der Waals surface area contributed by atoms with Crippen molar-refractivity contribution in [2.45, 2.75) is 55.1 Å². The number of carbonyl (C=O) groups excluding carboxylic acids is 1. The first kappa shape index (κ1) is 38.3. The highest BCUT2D eigenvalue weighted by Crippen LogP contribution is 2.45. The van der Waals surface area contributed by atoms with E-state index in [9.17, 15) is 60.7 Å². The topological polar surface area (TPSA) is 296 Å². The van der Waals surface area contributed by atoms with Gasteiger partial charge in [0.1, 0.15) is 78.1 Å². The molecule has 288 valence electrons. The lowest BCUT2D eigenvalue weighted by Crippen LogP contribution is -2.60. The van der Waals surface area contributed by atoms with Crippen LogP contribution in [0.1, 0.15) is 17.2 Å². The Morgan fingerprint density at radius 1 is 0.833 bits per heavy atom. The summed E-state index contributed by atoms with van der Waals surface area (Å²) in [6.07, 6.45) is -13.6. The molecule has 3 aromatic carbocycles. The van der Waals surface area contributed by atoms with E-state index in [0.29, 0.717) is 5.56 Å². The number of phenolic OH excluding ortho intramolecular Hbond substituents is 5. The Morgan fingerprint density at radius 2 is 1.57 bits per heavy atom. The second kappa shape index (κ2) is 15.5. The first-order chi connectivity index (χ1) is 25.7. The van der Waals surface area contributed by atoms with Crippen LogP contribution in [0.15, 0.2) is 63.8 Å². The number of carbonyl (C=O) groups is 1. The molecule has 1 aromatic heterocycles. The van der Waals surface area contributed by atoms with Crippen LogP contribution in [-0.4, -0.2) is 126 Å². The third kappa shape index (κ3) is 7.49. The first-order valence-corrected chi connectivity index (χ1v) is 16.3. The van der Waals surface area contributed by atoms with Crippen LogP contribution in [0.5, 0.6) is 34.5 Å². The molecule has 2 aliphatic heterocycles. The molecule has 9 atom stereocenters. The summed E-state index contributed by atoms with van der Waals surface area (Å²) in [5, 5.41) is 105.